The average molecular weight is 243 g/mol. The quantitative estimate of drug-likeness (QED) is 0.692. The molecule has 12 heavy (non-hydrogen) atoms. The lowest BCUT2D eigenvalue weighted by Crippen LogP contribution is -2.23. The molecule has 0 aliphatic carbocycles. The summed E-state index contributed by atoms with van der Waals surface area (Å²) in [6, 6.07) is 9.94. The fourth-order valence-electron chi connectivity index (χ4n) is 1.21. The lowest BCUT2D eigenvalue weighted by atomic mass is 10.2. The number of benzene rings is 1. The second kappa shape index (κ2) is 3.75. The van der Waals surface area contributed by atoms with Gasteiger partial charge in [-0.05, 0) is 18.2 Å². The first-order chi connectivity index (χ1) is 5.47. The van der Waals surface area contributed by atoms with Crippen LogP contribution >= 0.6 is 15.9 Å². The van der Waals surface area contributed by atoms with Crippen molar-refractivity contribution >= 4 is 24.0 Å². The van der Waals surface area contributed by atoms with Gasteiger partial charge in [-0.2, -0.15) is 0 Å². The van der Waals surface area contributed by atoms with Gasteiger partial charge in [-0.1, -0.05) is 53.3 Å². The molecule has 1 rings (SSSR count). The van der Waals surface area contributed by atoms with Crippen molar-refractivity contribution in [3.63, 3.8) is 0 Å². The van der Waals surface area contributed by atoms with E-state index < -0.39 is 8.07 Å². The summed E-state index contributed by atoms with van der Waals surface area (Å²) in [6.07, 6.45) is 0. The molecule has 66 valence electrons. The molecule has 0 heterocycles. The zero-order valence-electron chi connectivity index (χ0n) is 7.89. The van der Waals surface area contributed by atoms with Gasteiger partial charge in [-0.15, -0.1) is 0 Å². The van der Waals surface area contributed by atoms with Crippen molar-refractivity contribution in [3.05, 3.63) is 34.3 Å². The summed E-state index contributed by atoms with van der Waals surface area (Å²) in [5, 5.41) is 0. The molecule has 1 aromatic carbocycles. The molecule has 2 heteroatoms. The van der Waals surface area contributed by atoms with Crippen molar-refractivity contribution in [3.8, 4) is 0 Å². The SMILES string of the molecule is C[Si](C)(C)Cc1ccc(Br)cc1. The maximum atomic E-state index is 3.44. The van der Waals surface area contributed by atoms with E-state index in [0.717, 1.165) is 0 Å². The van der Waals surface area contributed by atoms with Crippen LogP contribution in [-0.4, -0.2) is 8.07 Å². The molecule has 0 spiro atoms. The summed E-state index contributed by atoms with van der Waals surface area (Å²) in [4.78, 5) is 0. The normalized spacial score (nSPS) is 11.7. The van der Waals surface area contributed by atoms with Gasteiger partial charge >= 0.3 is 0 Å². The highest BCUT2D eigenvalue weighted by molar-refractivity contribution is 9.10. The standard InChI is InChI=1S/C10H15BrSi/c1-12(2,3)8-9-4-6-10(11)7-5-9/h4-7H,8H2,1-3H3. The Labute approximate surface area is 84.1 Å². The van der Waals surface area contributed by atoms with Gasteiger partial charge in [0.25, 0.3) is 0 Å². The van der Waals surface area contributed by atoms with Crippen LogP contribution in [0, 0.1) is 0 Å². The highest BCUT2D eigenvalue weighted by Crippen LogP contribution is 2.15. The molecule has 0 atom stereocenters. The number of hydrogen-bond acceptors (Lipinski definition) is 0. The number of rotatable bonds is 2. The van der Waals surface area contributed by atoms with Gasteiger partial charge in [0.1, 0.15) is 0 Å². The molecule has 0 radical (unpaired) electrons. The van der Waals surface area contributed by atoms with Gasteiger partial charge in [0.15, 0.2) is 0 Å². The molecular formula is C10H15BrSi. The number of halogens is 1. The van der Waals surface area contributed by atoms with E-state index >= 15 is 0 Å². The van der Waals surface area contributed by atoms with Crippen LogP contribution in [0.4, 0.5) is 0 Å². The van der Waals surface area contributed by atoms with Gasteiger partial charge in [-0.3, -0.25) is 0 Å². The maximum absolute atomic E-state index is 3.44. The second-order valence-electron chi connectivity index (χ2n) is 4.36. The molecule has 0 saturated carbocycles. The predicted molar refractivity (Wildman–Crippen MR) is 61.2 cm³/mol. The van der Waals surface area contributed by atoms with Crippen LogP contribution in [0.5, 0.6) is 0 Å². The van der Waals surface area contributed by atoms with Crippen LogP contribution in [0.2, 0.25) is 19.6 Å². The summed E-state index contributed by atoms with van der Waals surface area (Å²) >= 11 is 3.44. The minimum Gasteiger partial charge on any atom is -0.0693 e. The van der Waals surface area contributed by atoms with Crippen LogP contribution in [0.15, 0.2) is 28.7 Å². The summed E-state index contributed by atoms with van der Waals surface area (Å²) in [5.74, 6) is 0. The van der Waals surface area contributed by atoms with E-state index in [1.165, 1.54) is 16.1 Å². The van der Waals surface area contributed by atoms with Crippen LogP contribution in [0.25, 0.3) is 0 Å². The van der Waals surface area contributed by atoms with E-state index in [1.54, 1.807) is 0 Å². The van der Waals surface area contributed by atoms with Crippen LogP contribution in [0.1, 0.15) is 5.56 Å². The summed E-state index contributed by atoms with van der Waals surface area (Å²) in [6.45, 7) is 7.19. The Kier molecular flexibility index (Phi) is 3.13. The third-order valence-corrected chi connectivity index (χ3v) is 3.65. The minimum absolute atomic E-state index is 0.931. The number of hydrogen-bond donors (Lipinski definition) is 0. The summed E-state index contributed by atoms with van der Waals surface area (Å²) in [5.41, 5.74) is 1.47. The fourth-order valence-corrected chi connectivity index (χ4v) is 2.94. The lowest BCUT2D eigenvalue weighted by Gasteiger charge is -2.15. The van der Waals surface area contributed by atoms with E-state index in [9.17, 15) is 0 Å². The molecule has 0 bridgehead atoms. The molecular weight excluding hydrogens is 228 g/mol. The van der Waals surface area contributed by atoms with Crippen LogP contribution in [-0.2, 0) is 6.04 Å². The summed E-state index contributed by atoms with van der Waals surface area (Å²) in [7, 11) is -0.931. The Morgan fingerprint density at radius 2 is 1.58 bits per heavy atom. The Bertz CT molecular complexity index is 246. The van der Waals surface area contributed by atoms with E-state index in [2.05, 4.69) is 59.8 Å². The van der Waals surface area contributed by atoms with Crippen molar-refractivity contribution in [1.82, 2.24) is 0 Å². The molecule has 0 N–H and O–H groups in total. The Morgan fingerprint density at radius 1 is 1.08 bits per heavy atom. The highest BCUT2D eigenvalue weighted by Gasteiger charge is 2.12. The van der Waals surface area contributed by atoms with Gasteiger partial charge in [0, 0.05) is 12.5 Å². The van der Waals surface area contributed by atoms with Gasteiger partial charge in [0.2, 0.25) is 0 Å². The first kappa shape index (κ1) is 10.0. The summed E-state index contributed by atoms with van der Waals surface area (Å²) < 4.78 is 1.17. The van der Waals surface area contributed by atoms with Gasteiger partial charge in [-0.25, -0.2) is 0 Å². The molecule has 0 aliphatic heterocycles. The third kappa shape index (κ3) is 3.54. The lowest BCUT2D eigenvalue weighted by molar-refractivity contribution is 1.30. The highest BCUT2D eigenvalue weighted by atomic mass is 79.9. The fraction of sp³-hybridized carbons (Fsp3) is 0.400. The first-order valence-electron chi connectivity index (χ1n) is 4.22. The molecule has 0 amide bonds. The Balaban J connectivity index is 2.71. The van der Waals surface area contributed by atoms with Crippen molar-refractivity contribution in [2.24, 2.45) is 0 Å². The van der Waals surface area contributed by atoms with E-state index in [0.29, 0.717) is 0 Å². The topological polar surface area (TPSA) is 0 Å². The van der Waals surface area contributed by atoms with Crippen LogP contribution in [0.3, 0.4) is 0 Å². The molecule has 0 saturated heterocycles. The molecule has 0 unspecified atom stereocenters. The molecule has 0 nitrogen and oxygen atoms in total. The molecule has 0 fully saturated rings. The van der Waals surface area contributed by atoms with Crippen LogP contribution < -0.4 is 0 Å². The van der Waals surface area contributed by atoms with Gasteiger partial charge < -0.3 is 0 Å². The monoisotopic (exact) mass is 242 g/mol. The van der Waals surface area contributed by atoms with E-state index in [4.69, 9.17) is 0 Å². The van der Waals surface area contributed by atoms with E-state index in [1.807, 2.05) is 0 Å². The largest absolute Gasteiger partial charge is 0.0693 e. The van der Waals surface area contributed by atoms with E-state index in [-0.39, 0.29) is 0 Å². The Hall–Kier alpha value is -0.0831. The minimum atomic E-state index is -0.931. The maximum Gasteiger partial charge on any atom is 0.0487 e. The zero-order chi connectivity index (χ0) is 9.19. The molecule has 0 aliphatic rings. The van der Waals surface area contributed by atoms with Crippen molar-refractivity contribution < 1.29 is 0 Å². The van der Waals surface area contributed by atoms with Crippen molar-refractivity contribution in [2.45, 2.75) is 25.7 Å². The average Bonchev–Trinajstić information content (AvgIpc) is 1.91. The first-order valence-corrected chi connectivity index (χ1v) is 8.72. The second-order valence-corrected chi connectivity index (χ2v) is 10.8. The Morgan fingerprint density at radius 3 is 2.00 bits per heavy atom. The zero-order valence-corrected chi connectivity index (χ0v) is 10.5. The van der Waals surface area contributed by atoms with Crippen molar-refractivity contribution in [2.75, 3.05) is 0 Å². The predicted octanol–water partition coefficient (Wildman–Crippen LogP) is 3.87. The van der Waals surface area contributed by atoms with Gasteiger partial charge in [0.05, 0.1) is 0 Å². The van der Waals surface area contributed by atoms with Crippen molar-refractivity contribution in [1.29, 1.82) is 0 Å². The smallest absolute Gasteiger partial charge is 0.0487 e. The third-order valence-electron chi connectivity index (χ3n) is 1.65. The molecule has 0 aromatic heterocycles. The molecule has 1 aromatic rings.